The number of aromatic carboxylic acids is 1. The smallest absolute Gasteiger partial charge is 0.335 e. The zero-order valence-corrected chi connectivity index (χ0v) is 25.8. The van der Waals surface area contributed by atoms with Crippen LogP contribution in [0.25, 0.3) is 0 Å². The van der Waals surface area contributed by atoms with E-state index in [4.69, 9.17) is 14.2 Å². The summed E-state index contributed by atoms with van der Waals surface area (Å²) in [5.41, 5.74) is 1.03. The number of carboxylic acid groups (broad SMARTS) is 1. The van der Waals surface area contributed by atoms with Crippen molar-refractivity contribution < 1.29 is 38.8 Å². The van der Waals surface area contributed by atoms with Gasteiger partial charge in [-0.2, -0.15) is 0 Å². The number of aliphatic hydroxyl groups is 1. The van der Waals surface area contributed by atoms with Crippen LogP contribution < -0.4 is 15.0 Å². The number of aromatic nitrogens is 3. The summed E-state index contributed by atoms with van der Waals surface area (Å²) in [7, 11) is 1.57. The van der Waals surface area contributed by atoms with Gasteiger partial charge in [-0.3, -0.25) is 14.7 Å². The molecule has 4 N–H and O–H groups in total. The number of carbonyl (C=O) groups excluding carboxylic acids is 2. The maximum absolute atomic E-state index is 13.4. The first kappa shape index (κ1) is 31.1. The predicted octanol–water partition coefficient (Wildman–Crippen LogP) is 1.91. The van der Waals surface area contributed by atoms with Gasteiger partial charge in [0.25, 0.3) is 11.8 Å². The van der Waals surface area contributed by atoms with Crippen LogP contribution in [0, 0.1) is 11.8 Å². The van der Waals surface area contributed by atoms with Crippen molar-refractivity contribution >= 4 is 23.5 Å². The number of nitrogens with one attached hydrogen (secondary N) is 2. The molecule has 0 bridgehead atoms. The Morgan fingerprint density at radius 1 is 1.08 bits per heavy atom. The first-order chi connectivity index (χ1) is 23.2. The van der Waals surface area contributed by atoms with Crippen LogP contribution in [0.5, 0.6) is 5.75 Å². The molecule has 48 heavy (non-hydrogen) atoms. The summed E-state index contributed by atoms with van der Waals surface area (Å²) in [6, 6.07) is 20.3. The van der Waals surface area contributed by atoms with E-state index in [1.165, 1.54) is 11.0 Å². The van der Waals surface area contributed by atoms with Gasteiger partial charge in [0.15, 0.2) is 5.60 Å². The fraction of sp³-hybridized carbons (Fsp3) is 0.286. The fourth-order valence-corrected chi connectivity index (χ4v) is 6.26. The molecule has 0 radical (unpaired) electrons. The fourth-order valence-electron chi connectivity index (χ4n) is 6.26. The van der Waals surface area contributed by atoms with E-state index in [2.05, 4.69) is 32.3 Å². The number of nitrogens with zero attached hydrogens (tertiary/aromatic N) is 3. The number of benzene rings is 3. The van der Waals surface area contributed by atoms with E-state index in [0.29, 0.717) is 34.8 Å². The Bertz CT molecular complexity index is 1950. The monoisotopic (exact) mass is 649 g/mol. The molecule has 0 aliphatic carbocycles. The van der Waals surface area contributed by atoms with Crippen molar-refractivity contribution in [2.45, 2.75) is 36.2 Å². The van der Waals surface area contributed by atoms with Gasteiger partial charge < -0.3 is 34.6 Å². The van der Waals surface area contributed by atoms with Crippen LogP contribution in [0.15, 0.2) is 72.8 Å². The molecule has 2 fully saturated rings. The SMILES string of the molecule is CN1C(=O)[C@@H](NC(=O)c2n[nH]c(Cc3ccccc3)n2)COc2ccc(C#C[C@@]3(O)CO[C@@H]4[C@@H](c5ccccc5C(=O)O)CO[C@@H]43)cc21. The molecule has 7 rings (SSSR count). The minimum absolute atomic E-state index is 0.0876. The first-order valence-corrected chi connectivity index (χ1v) is 15.3. The molecular weight excluding hydrogens is 618 g/mol. The van der Waals surface area contributed by atoms with Crippen molar-refractivity contribution in [1.82, 2.24) is 20.5 Å². The van der Waals surface area contributed by atoms with Gasteiger partial charge in [-0.1, -0.05) is 60.4 Å². The van der Waals surface area contributed by atoms with Gasteiger partial charge in [0.05, 0.1) is 30.6 Å². The van der Waals surface area contributed by atoms with Crippen LogP contribution >= 0.6 is 0 Å². The van der Waals surface area contributed by atoms with Gasteiger partial charge in [-0.25, -0.2) is 9.78 Å². The molecule has 3 aliphatic rings. The summed E-state index contributed by atoms with van der Waals surface area (Å²) in [5.74, 6) is 4.26. The first-order valence-electron chi connectivity index (χ1n) is 15.3. The van der Waals surface area contributed by atoms with Crippen LogP contribution in [0.3, 0.4) is 0 Å². The minimum Gasteiger partial charge on any atom is -0.489 e. The van der Waals surface area contributed by atoms with E-state index < -0.39 is 41.6 Å². The highest BCUT2D eigenvalue weighted by atomic mass is 16.6. The number of H-pyrrole nitrogens is 1. The third-order valence-electron chi connectivity index (χ3n) is 8.74. The molecule has 4 heterocycles. The van der Waals surface area contributed by atoms with Gasteiger partial charge in [0.1, 0.15) is 30.3 Å². The number of amides is 2. The van der Waals surface area contributed by atoms with Crippen LogP contribution in [0.1, 0.15) is 49.4 Å². The summed E-state index contributed by atoms with van der Waals surface area (Å²) in [6.45, 7) is -0.0547. The van der Waals surface area contributed by atoms with Crippen LogP contribution in [-0.4, -0.2) is 93.9 Å². The van der Waals surface area contributed by atoms with E-state index in [1.807, 2.05) is 30.3 Å². The average Bonchev–Trinajstić information content (AvgIpc) is 3.81. The molecule has 5 atom stereocenters. The second-order valence-corrected chi connectivity index (χ2v) is 11.9. The van der Waals surface area contributed by atoms with Crippen LogP contribution in [-0.2, 0) is 20.7 Å². The number of likely N-dealkylation sites (N-methyl/N-ethyl adjacent to an activating group) is 1. The third-order valence-corrected chi connectivity index (χ3v) is 8.74. The Balaban J connectivity index is 1.03. The molecular formula is C35H31N5O8. The lowest BCUT2D eigenvalue weighted by Crippen LogP contribution is -2.49. The molecule has 2 amide bonds. The summed E-state index contributed by atoms with van der Waals surface area (Å²) in [6.07, 6.45) is -0.891. The van der Waals surface area contributed by atoms with Crippen molar-refractivity contribution in [2.75, 3.05) is 31.8 Å². The quantitative estimate of drug-likeness (QED) is 0.226. The highest BCUT2D eigenvalue weighted by molar-refractivity contribution is 6.02. The largest absolute Gasteiger partial charge is 0.489 e. The van der Waals surface area contributed by atoms with Crippen LogP contribution in [0.2, 0.25) is 0 Å². The Morgan fingerprint density at radius 3 is 2.69 bits per heavy atom. The molecule has 13 nitrogen and oxygen atoms in total. The number of carbonyl (C=O) groups is 3. The van der Waals surface area contributed by atoms with E-state index in [0.717, 1.165) is 5.56 Å². The Hall–Kier alpha value is -5.55. The molecule has 4 aromatic rings. The lowest BCUT2D eigenvalue weighted by atomic mass is 9.87. The van der Waals surface area contributed by atoms with Crippen molar-refractivity contribution in [3.8, 4) is 17.6 Å². The second-order valence-electron chi connectivity index (χ2n) is 11.9. The zero-order valence-electron chi connectivity index (χ0n) is 25.8. The molecule has 0 spiro atoms. The van der Waals surface area contributed by atoms with E-state index in [-0.39, 0.29) is 37.1 Å². The summed E-state index contributed by atoms with van der Waals surface area (Å²) in [5, 5.41) is 30.6. The Kier molecular flexibility index (Phi) is 8.14. The van der Waals surface area contributed by atoms with E-state index >= 15 is 0 Å². The number of ether oxygens (including phenoxy) is 3. The summed E-state index contributed by atoms with van der Waals surface area (Å²) < 4.78 is 17.8. The number of aromatic amines is 1. The van der Waals surface area contributed by atoms with Crippen LogP contribution in [0.4, 0.5) is 5.69 Å². The van der Waals surface area contributed by atoms with Crippen molar-refractivity contribution in [2.24, 2.45) is 0 Å². The molecule has 3 aromatic carbocycles. The lowest BCUT2D eigenvalue weighted by molar-refractivity contribution is -0.120. The summed E-state index contributed by atoms with van der Waals surface area (Å²) in [4.78, 5) is 43.8. The average molecular weight is 650 g/mol. The van der Waals surface area contributed by atoms with Crippen molar-refractivity contribution in [1.29, 1.82) is 0 Å². The van der Waals surface area contributed by atoms with Gasteiger partial charge in [0, 0.05) is 24.9 Å². The molecule has 0 saturated carbocycles. The van der Waals surface area contributed by atoms with Gasteiger partial charge in [-0.15, -0.1) is 5.10 Å². The maximum atomic E-state index is 13.4. The number of carboxylic acids is 1. The molecule has 0 unspecified atom stereocenters. The highest BCUT2D eigenvalue weighted by Gasteiger charge is 2.56. The standard InChI is InChI=1S/C35H31N5O8/c1-40-26-15-21(13-14-35(45)19-48-29-24(17-47-30(29)35)22-9-5-6-10-23(22)34(43)44)11-12-27(26)46-18-25(33(40)42)36-32(41)31-37-28(38-39-31)16-20-7-3-2-4-8-20/h2-12,15,24-25,29-30,45H,16-19H2,1H3,(H,36,41)(H,43,44)(H,37,38,39)/t24-,25+,29-,30+,35-/m1/s1. The molecule has 3 aliphatic heterocycles. The highest BCUT2D eigenvalue weighted by Crippen LogP contribution is 2.42. The second kappa shape index (κ2) is 12.6. The molecule has 13 heteroatoms. The lowest BCUT2D eigenvalue weighted by Gasteiger charge is -2.21. The van der Waals surface area contributed by atoms with Crippen molar-refractivity contribution in [3.63, 3.8) is 0 Å². The number of fused-ring (bicyclic) bond motifs is 2. The molecule has 2 saturated heterocycles. The predicted molar refractivity (Wildman–Crippen MR) is 170 cm³/mol. The molecule has 1 aromatic heterocycles. The Labute approximate surface area is 274 Å². The normalized spacial score (nSPS) is 24.5. The van der Waals surface area contributed by atoms with Gasteiger partial charge in [-0.05, 0) is 35.4 Å². The van der Waals surface area contributed by atoms with Gasteiger partial charge >= 0.3 is 5.97 Å². The van der Waals surface area contributed by atoms with E-state index in [9.17, 15) is 24.6 Å². The minimum atomic E-state index is -1.64. The maximum Gasteiger partial charge on any atom is 0.335 e. The van der Waals surface area contributed by atoms with E-state index in [1.54, 1.807) is 43.4 Å². The number of hydrogen-bond acceptors (Lipinski definition) is 9. The zero-order chi connectivity index (χ0) is 33.4. The Morgan fingerprint density at radius 2 is 1.88 bits per heavy atom. The summed E-state index contributed by atoms with van der Waals surface area (Å²) >= 11 is 0. The number of rotatable bonds is 6. The molecule has 244 valence electrons. The van der Waals surface area contributed by atoms with Gasteiger partial charge in [0.2, 0.25) is 5.82 Å². The topological polar surface area (TPSA) is 176 Å². The van der Waals surface area contributed by atoms with Crippen molar-refractivity contribution in [3.05, 3.63) is 107 Å². The third kappa shape index (κ3) is 5.88. The number of hydrogen-bond donors (Lipinski definition) is 4. The number of anilines is 1.